The van der Waals surface area contributed by atoms with E-state index >= 15 is 0 Å². The lowest BCUT2D eigenvalue weighted by molar-refractivity contribution is -0.133. The first-order chi connectivity index (χ1) is 11.6. The number of aromatic nitrogens is 3. The average Bonchev–Trinajstić information content (AvgIpc) is 2.95. The summed E-state index contributed by atoms with van der Waals surface area (Å²) in [5, 5.41) is 7.35. The van der Waals surface area contributed by atoms with Gasteiger partial charge in [0, 0.05) is 32.0 Å². The van der Waals surface area contributed by atoms with Gasteiger partial charge in [-0.15, -0.1) is 0 Å². The third kappa shape index (κ3) is 3.90. The highest BCUT2D eigenvalue weighted by molar-refractivity contribution is 7.71. The Morgan fingerprint density at radius 1 is 1.33 bits per heavy atom. The Hall–Kier alpha value is -1.17. The lowest BCUT2D eigenvalue weighted by Gasteiger charge is -2.34. The van der Waals surface area contributed by atoms with Crippen LogP contribution in [0.15, 0.2) is 0 Å². The van der Waals surface area contributed by atoms with Gasteiger partial charge in [0.15, 0.2) is 4.77 Å². The number of hydrogen-bond acceptors (Lipinski definition) is 3. The summed E-state index contributed by atoms with van der Waals surface area (Å²) in [5.41, 5.74) is 0. The summed E-state index contributed by atoms with van der Waals surface area (Å²) < 4.78 is 2.75. The molecule has 1 aliphatic heterocycles. The predicted octanol–water partition coefficient (Wildman–Crippen LogP) is 3.88. The maximum absolute atomic E-state index is 12.8. The van der Waals surface area contributed by atoms with Crippen LogP contribution in [0.1, 0.15) is 70.5 Å². The molecule has 0 spiro atoms. The van der Waals surface area contributed by atoms with Gasteiger partial charge < -0.3 is 9.47 Å². The molecule has 2 fully saturated rings. The summed E-state index contributed by atoms with van der Waals surface area (Å²) in [7, 11) is 0. The molecular weight excluding hydrogens is 320 g/mol. The summed E-state index contributed by atoms with van der Waals surface area (Å²) in [5.74, 6) is 3.04. The van der Waals surface area contributed by atoms with E-state index in [1.807, 2.05) is 0 Å². The Morgan fingerprint density at radius 2 is 2.17 bits per heavy atom. The van der Waals surface area contributed by atoms with Crippen molar-refractivity contribution >= 4 is 18.1 Å². The molecule has 0 bridgehead atoms. The van der Waals surface area contributed by atoms with E-state index < -0.39 is 0 Å². The second-order valence-electron chi connectivity index (χ2n) is 7.65. The van der Waals surface area contributed by atoms with E-state index in [0.717, 1.165) is 50.6 Å². The van der Waals surface area contributed by atoms with Gasteiger partial charge in [-0.05, 0) is 56.7 Å². The molecule has 24 heavy (non-hydrogen) atoms. The number of amides is 1. The van der Waals surface area contributed by atoms with Crippen LogP contribution in [-0.4, -0.2) is 38.7 Å². The molecule has 3 atom stereocenters. The number of carbonyl (C=O) groups excluding carboxylic acids is 1. The molecule has 134 valence electrons. The van der Waals surface area contributed by atoms with E-state index in [2.05, 4.69) is 33.5 Å². The smallest absolute Gasteiger partial charge is 0.222 e. The minimum atomic E-state index is 0.306. The van der Waals surface area contributed by atoms with Gasteiger partial charge in [0.25, 0.3) is 0 Å². The molecule has 1 aliphatic carbocycles. The molecule has 3 rings (SSSR count). The molecule has 1 amide bonds. The van der Waals surface area contributed by atoms with Crippen LogP contribution < -0.4 is 0 Å². The van der Waals surface area contributed by atoms with Crippen molar-refractivity contribution in [1.82, 2.24) is 19.7 Å². The molecule has 2 aliphatic rings. The van der Waals surface area contributed by atoms with E-state index in [4.69, 9.17) is 12.2 Å². The van der Waals surface area contributed by atoms with Crippen molar-refractivity contribution in [3.05, 3.63) is 10.6 Å². The number of nitrogens with one attached hydrogen (secondary N) is 1. The summed E-state index contributed by atoms with van der Waals surface area (Å²) in [6.07, 6.45) is 7.94. The van der Waals surface area contributed by atoms with E-state index in [1.165, 1.54) is 25.7 Å². The van der Waals surface area contributed by atoms with Crippen molar-refractivity contribution < 1.29 is 4.79 Å². The number of H-pyrrole nitrogens is 1. The fourth-order valence-electron chi connectivity index (χ4n) is 4.48. The summed E-state index contributed by atoms with van der Waals surface area (Å²) >= 11 is 5.31. The van der Waals surface area contributed by atoms with Gasteiger partial charge >= 0.3 is 0 Å². The Labute approximate surface area is 149 Å². The zero-order valence-electron chi connectivity index (χ0n) is 15.0. The first-order valence-corrected chi connectivity index (χ1v) is 9.92. The van der Waals surface area contributed by atoms with E-state index in [9.17, 15) is 4.79 Å². The average molecular weight is 351 g/mol. The lowest BCUT2D eigenvalue weighted by atomic mass is 9.80. The Kier molecular flexibility index (Phi) is 5.74. The molecule has 0 aromatic carbocycles. The van der Waals surface area contributed by atoms with Crippen LogP contribution in [0, 0.1) is 16.6 Å². The monoisotopic (exact) mass is 350 g/mol. The van der Waals surface area contributed by atoms with Gasteiger partial charge in [-0.25, -0.2) is 0 Å². The van der Waals surface area contributed by atoms with E-state index in [-0.39, 0.29) is 0 Å². The second kappa shape index (κ2) is 7.81. The third-order valence-electron chi connectivity index (χ3n) is 5.75. The van der Waals surface area contributed by atoms with Crippen molar-refractivity contribution in [2.75, 3.05) is 13.1 Å². The minimum absolute atomic E-state index is 0.306. The topological polar surface area (TPSA) is 53.9 Å². The zero-order valence-corrected chi connectivity index (χ0v) is 15.8. The molecule has 5 nitrogen and oxygen atoms in total. The molecule has 0 radical (unpaired) electrons. The number of piperidine rings is 1. The number of carbonyl (C=O) groups is 1. The maximum atomic E-state index is 12.8. The van der Waals surface area contributed by atoms with Gasteiger partial charge in [-0.1, -0.05) is 19.8 Å². The number of hydrogen-bond donors (Lipinski definition) is 1. The number of likely N-dealkylation sites (tertiary alicyclic amines) is 1. The van der Waals surface area contributed by atoms with Crippen LogP contribution in [0.3, 0.4) is 0 Å². The SMILES string of the molecule is CCn1c([C@@H]2CCCN(C(=O)C[C@@H]3CCC[C@H](C)C3)C2)n[nH]c1=S. The normalized spacial score (nSPS) is 28.1. The molecular formula is C18H30N4OS. The second-order valence-corrected chi connectivity index (χ2v) is 8.04. The van der Waals surface area contributed by atoms with Gasteiger partial charge in [0.2, 0.25) is 5.91 Å². The number of nitrogens with zero attached hydrogens (tertiary/aromatic N) is 3. The van der Waals surface area contributed by atoms with Crippen molar-refractivity contribution in [2.24, 2.45) is 11.8 Å². The van der Waals surface area contributed by atoms with Gasteiger partial charge in [-0.2, -0.15) is 5.10 Å². The molecule has 1 aromatic rings. The van der Waals surface area contributed by atoms with Crippen LogP contribution in [0.4, 0.5) is 0 Å². The maximum Gasteiger partial charge on any atom is 0.222 e. The Bertz CT molecular complexity index is 623. The fourth-order valence-corrected chi connectivity index (χ4v) is 4.75. The van der Waals surface area contributed by atoms with Crippen molar-refractivity contribution in [3.8, 4) is 0 Å². The molecule has 1 N–H and O–H groups in total. The van der Waals surface area contributed by atoms with E-state index in [1.54, 1.807) is 0 Å². The molecule has 1 aromatic heterocycles. The number of aromatic amines is 1. The largest absolute Gasteiger partial charge is 0.342 e. The van der Waals surface area contributed by atoms with Gasteiger partial charge in [0.05, 0.1) is 0 Å². The van der Waals surface area contributed by atoms with E-state index in [0.29, 0.717) is 22.5 Å². The van der Waals surface area contributed by atoms with Crippen molar-refractivity contribution in [2.45, 2.75) is 71.3 Å². The number of rotatable bonds is 4. The quantitative estimate of drug-likeness (QED) is 0.838. The van der Waals surface area contributed by atoms with Crippen LogP contribution >= 0.6 is 12.2 Å². The summed E-state index contributed by atoms with van der Waals surface area (Å²) in [4.78, 5) is 14.9. The van der Waals surface area contributed by atoms with Crippen LogP contribution in [0.25, 0.3) is 0 Å². The molecule has 6 heteroatoms. The van der Waals surface area contributed by atoms with Gasteiger partial charge in [-0.3, -0.25) is 9.89 Å². The van der Waals surface area contributed by atoms with Gasteiger partial charge in [0.1, 0.15) is 5.82 Å². The standard InChI is InChI=1S/C18H30N4OS/c1-3-22-17(19-20-18(22)24)15-8-5-9-21(12-15)16(23)11-14-7-4-6-13(2)10-14/h13-15H,3-12H2,1-2H3,(H,20,24)/t13-,14+,15+/m0/s1. The van der Waals surface area contributed by atoms with Crippen molar-refractivity contribution in [1.29, 1.82) is 0 Å². The lowest BCUT2D eigenvalue weighted by Crippen LogP contribution is -2.40. The first-order valence-electron chi connectivity index (χ1n) is 9.51. The highest BCUT2D eigenvalue weighted by Gasteiger charge is 2.30. The summed E-state index contributed by atoms with van der Waals surface area (Å²) in [6.45, 7) is 6.93. The molecule has 1 saturated carbocycles. The Morgan fingerprint density at radius 3 is 2.92 bits per heavy atom. The Balaban J connectivity index is 1.62. The summed E-state index contributed by atoms with van der Waals surface area (Å²) in [6, 6.07) is 0. The van der Waals surface area contributed by atoms with Crippen molar-refractivity contribution in [3.63, 3.8) is 0 Å². The predicted molar refractivity (Wildman–Crippen MR) is 97.4 cm³/mol. The zero-order chi connectivity index (χ0) is 17.1. The molecule has 0 unspecified atom stereocenters. The fraction of sp³-hybridized carbons (Fsp3) is 0.833. The third-order valence-corrected chi connectivity index (χ3v) is 6.06. The van der Waals surface area contributed by atoms with Crippen LogP contribution in [0.5, 0.6) is 0 Å². The highest BCUT2D eigenvalue weighted by Crippen LogP contribution is 2.32. The molecule has 1 saturated heterocycles. The van der Waals surface area contributed by atoms with Crippen LogP contribution in [-0.2, 0) is 11.3 Å². The highest BCUT2D eigenvalue weighted by atomic mass is 32.1. The first kappa shape index (κ1) is 17.6. The molecule has 2 heterocycles. The van der Waals surface area contributed by atoms with Crippen LogP contribution in [0.2, 0.25) is 0 Å². The minimum Gasteiger partial charge on any atom is -0.342 e.